The van der Waals surface area contributed by atoms with Crippen LogP contribution in [0.5, 0.6) is 0 Å². The van der Waals surface area contributed by atoms with Crippen LogP contribution in [-0.4, -0.2) is 27.4 Å². The van der Waals surface area contributed by atoms with Gasteiger partial charge in [0, 0.05) is 0 Å². The number of rotatable bonds is 2. The molecule has 0 unspecified atom stereocenters. The van der Waals surface area contributed by atoms with Crippen molar-refractivity contribution in [2.24, 2.45) is 0 Å². The molecule has 6 nitrogen and oxygen atoms in total. The summed E-state index contributed by atoms with van der Waals surface area (Å²) in [7, 11) is 0. The van der Waals surface area contributed by atoms with Crippen molar-refractivity contribution in [1.29, 1.82) is 0 Å². The van der Waals surface area contributed by atoms with E-state index in [9.17, 15) is 4.79 Å². The third-order valence-corrected chi connectivity index (χ3v) is 1.15. The summed E-state index contributed by atoms with van der Waals surface area (Å²) in [4.78, 5) is 14.9. The Balaban J connectivity index is 2.45. The van der Waals surface area contributed by atoms with Crippen LogP contribution < -0.4 is 5.32 Å². The van der Waals surface area contributed by atoms with Crippen LogP contribution in [0.15, 0.2) is 0 Å². The Hall–Kier alpha value is -1.59. The number of carbonyl (C=O) groups is 1. The molecule has 0 aliphatic carbocycles. The molecule has 0 radical (unpaired) electrons. The molecule has 13 heavy (non-hydrogen) atoms. The van der Waals surface area contributed by atoms with Gasteiger partial charge in [0.1, 0.15) is 5.82 Å². The number of aryl methyl sites for hydroxylation is 1. The molecule has 2 N–H and O–H groups in total. The first-order chi connectivity index (χ1) is 6.08. The van der Waals surface area contributed by atoms with Crippen LogP contribution in [-0.2, 0) is 4.74 Å². The smallest absolute Gasteiger partial charge is 0.414 e. The number of aromatic nitrogens is 3. The van der Waals surface area contributed by atoms with Gasteiger partial charge in [0.05, 0.1) is 6.10 Å². The molecule has 0 saturated carbocycles. The first kappa shape index (κ1) is 9.50. The number of amides is 1. The average Bonchev–Trinajstić information content (AvgIpc) is 2.33. The molecular formula is C7H12N4O2. The van der Waals surface area contributed by atoms with Crippen molar-refractivity contribution in [3.8, 4) is 0 Å². The standard InChI is InChI=1S/C7H12N4O2/c1-4(2)13-7(12)9-6-8-5(3)10-11-6/h4H,1-3H3,(H2,8,9,10,11,12). The summed E-state index contributed by atoms with van der Waals surface area (Å²) >= 11 is 0. The van der Waals surface area contributed by atoms with Crippen molar-refractivity contribution in [3.05, 3.63) is 5.82 Å². The van der Waals surface area contributed by atoms with E-state index in [0.29, 0.717) is 5.82 Å². The van der Waals surface area contributed by atoms with E-state index in [2.05, 4.69) is 20.5 Å². The second-order valence-corrected chi connectivity index (χ2v) is 2.82. The van der Waals surface area contributed by atoms with E-state index in [0.717, 1.165) is 0 Å². The van der Waals surface area contributed by atoms with Crippen molar-refractivity contribution in [1.82, 2.24) is 15.2 Å². The van der Waals surface area contributed by atoms with E-state index in [4.69, 9.17) is 4.74 Å². The van der Waals surface area contributed by atoms with Gasteiger partial charge in [0.15, 0.2) is 0 Å². The number of ether oxygens (including phenoxy) is 1. The van der Waals surface area contributed by atoms with Crippen molar-refractivity contribution in [2.75, 3.05) is 5.32 Å². The molecule has 6 heteroatoms. The third kappa shape index (κ3) is 3.10. The largest absolute Gasteiger partial charge is 0.447 e. The maximum atomic E-state index is 11.0. The molecule has 0 saturated heterocycles. The zero-order valence-electron chi connectivity index (χ0n) is 7.79. The van der Waals surface area contributed by atoms with Gasteiger partial charge in [-0.3, -0.25) is 10.4 Å². The van der Waals surface area contributed by atoms with E-state index >= 15 is 0 Å². The van der Waals surface area contributed by atoms with Crippen LogP contribution in [0.3, 0.4) is 0 Å². The summed E-state index contributed by atoms with van der Waals surface area (Å²) in [5.74, 6) is 0.864. The van der Waals surface area contributed by atoms with Gasteiger partial charge in [0.2, 0.25) is 0 Å². The molecule has 0 atom stereocenters. The molecule has 0 aliphatic rings. The summed E-state index contributed by atoms with van der Waals surface area (Å²) in [6.45, 7) is 5.28. The summed E-state index contributed by atoms with van der Waals surface area (Å²) in [6, 6.07) is 0. The fourth-order valence-corrected chi connectivity index (χ4v) is 0.733. The van der Waals surface area contributed by atoms with E-state index in [1.807, 2.05) is 0 Å². The van der Waals surface area contributed by atoms with Crippen molar-refractivity contribution < 1.29 is 9.53 Å². The SMILES string of the molecule is Cc1nc(NC(=O)OC(C)C)n[nH]1. The molecular weight excluding hydrogens is 172 g/mol. The minimum absolute atomic E-state index is 0.153. The van der Waals surface area contributed by atoms with Gasteiger partial charge in [0.25, 0.3) is 5.95 Å². The topological polar surface area (TPSA) is 79.9 Å². The summed E-state index contributed by atoms with van der Waals surface area (Å²) in [5, 5.41) is 8.69. The molecule has 1 heterocycles. The predicted molar refractivity (Wildman–Crippen MR) is 46.4 cm³/mol. The van der Waals surface area contributed by atoms with E-state index in [1.54, 1.807) is 20.8 Å². The van der Waals surface area contributed by atoms with Gasteiger partial charge in [-0.2, -0.15) is 4.98 Å². The molecule has 0 aliphatic heterocycles. The average molecular weight is 184 g/mol. The van der Waals surface area contributed by atoms with Crippen molar-refractivity contribution >= 4 is 12.0 Å². The van der Waals surface area contributed by atoms with Crippen LogP contribution in [0.1, 0.15) is 19.7 Å². The number of hydrogen-bond acceptors (Lipinski definition) is 4. The Morgan fingerprint density at radius 1 is 1.62 bits per heavy atom. The highest BCUT2D eigenvalue weighted by Crippen LogP contribution is 1.99. The van der Waals surface area contributed by atoms with Gasteiger partial charge >= 0.3 is 6.09 Å². The Morgan fingerprint density at radius 3 is 2.77 bits per heavy atom. The quantitative estimate of drug-likeness (QED) is 0.720. The second-order valence-electron chi connectivity index (χ2n) is 2.82. The molecule has 0 bridgehead atoms. The van der Waals surface area contributed by atoms with Gasteiger partial charge in [-0.15, -0.1) is 5.10 Å². The summed E-state index contributed by atoms with van der Waals surface area (Å²) in [5.41, 5.74) is 0. The monoisotopic (exact) mass is 184 g/mol. The number of hydrogen-bond donors (Lipinski definition) is 2. The number of carbonyl (C=O) groups excluding carboxylic acids is 1. The minimum Gasteiger partial charge on any atom is -0.447 e. The highest BCUT2D eigenvalue weighted by atomic mass is 16.6. The number of aromatic amines is 1. The van der Waals surface area contributed by atoms with E-state index in [1.165, 1.54) is 0 Å². The normalized spacial score (nSPS) is 10.2. The van der Waals surface area contributed by atoms with E-state index < -0.39 is 6.09 Å². The Bertz CT molecular complexity index is 294. The summed E-state index contributed by atoms with van der Waals surface area (Å²) < 4.78 is 4.82. The van der Waals surface area contributed by atoms with E-state index in [-0.39, 0.29) is 12.1 Å². The fraction of sp³-hybridized carbons (Fsp3) is 0.571. The first-order valence-electron chi connectivity index (χ1n) is 3.94. The highest BCUT2D eigenvalue weighted by molar-refractivity contribution is 5.82. The van der Waals surface area contributed by atoms with Gasteiger partial charge in [-0.1, -0.05) is 0 Å². The second kappa shape index (κ2) is 3.88. The van der Waals surface area contributed by atoms with Crippen LogP contribution in [0.4, 0.5) is 10.7 Å². The fourth-order valence-electron chi connectivity index (χ4n) is 0.733. The van der Waals surface area contributed by atoms with Crippen LogP contribution in [0.25, 0.3) is 0 Å². The summed E-state index contributed by atoms with van der Waals surface area (Å²) in [6.07, 6.45) is -0.700. The van der Waals surface area contributed by atoms with Gasteiger partial charge in [-0.05, 0) is 20.8 Å². The zero-order valence-corrected chi connectivity index (χ0v) is 7.79. The molecule has 0 aromatic carbocycles. The number of anilines is 1. The van der Waals surface area contributed by atoms with Crippen molar-refractivity contribution in [3.63, 3.8) is 0 Å². The third-order valence-electron chi connectivity index (χ3n) is 1.15. The molecule has 1 rings (SSSR count). The first-order valence-corrected chi connectivity index (χ1v) is 3.94. The molecule has 72 valence electrons. The van der Waals surface area contributed by atoms with Crippen LogP contribution in [0, 0.1) is 6.92 Å². The van der Waals surface area contributed by atoms with Gasteiger partial charge in [-0.25, -0.2) is 4.79 Å². The molecule has 1 aromatic rings. The molecule has 0 spiro atoms. The number of H-pyrrole nitrogens is 1. The Labute approximate surface area is 75.7 Å². The molecule has 1 aromatic heterocycles. The minimum atomic E-state index is -0.547. The van der Waals surface area contributed by atoms with Crippen LogP contribution in [0.2, 0.25) is 0 Å². The Kier molecular flexibility index (Phi) is 2.84. The van der Waals surface area contributed by atoms with Crippen LogP contribution >= 0.6 is 0 Å². The lowest BCUT2D eigenvalue weighted by Crippen LogP contribution is -2.18. The predicted octanol–water partition coefficient (Wildman–Crippen LogP) is 1.07. The maximum Gasteiger partial charge on any atom is 0.414 e. The maximum absolute atomic E-state index is 11.0. The number of nitrogens with zero attached hydrogens (tertiary/aromatic N) is 2. The van der Waals surface area contributed by atoms with Gasteiger partial charge < -0.3 is 4.74 Å². The Morgan fingerprint density at radius 2 is 2.31 bits per heavy atom. The zero-order chi connectivity index (χ0) is 9.84. The van der Waals surface area contributed by atoms with Crippen molar-refractivity contribution in [2.45, 2.75) is 26.9 Å². The highest BCUT2D eigenvalue weighted by Gasteiger charge is 2.07. The number of nitrogens with one attached hydrogen (secondary N) is 2. The molecule has 0 fully saturated rings. The molecule has 1 amide bonds. The lowest BCUT2D eigenvalue weighted by Gasteiger charge is -2.06. The lowest BCUT2D eigenvalue weighted by atomic mass is 10.5. The lowest BCUT2D eigenvalue weighted by molar-refractivity contribution is 0.129.